The second-order valence-electron chi connectivity index (χ2n) is 4.71. The van der Waals surface area contributed by atoms with Gasteiger partial charge in [-0.1, -0.05) is 11.6 Å². The summed E-state index contributed by atoms with van der Waals surface area (Å²) in [6.07, 6.45) is -0.469. The van der Waals surface area contributed by atoms with Gasteiger partial charge in [-0.05, 0) is 24.1 Å². The third kappa shape index (κ3) is 1.93. The van der Waals surface area contributed by atoms with Gasteiger partial charge in [-0.25, -0.2) is 0 Å². The van der Waals surface area contributed by atoms with Crippen molar-refractivity contribution in [3.8, 4) is 17.6 Å². The van der Waals surface area contributed by atoms with Gasteiger partial charge in [0, 0.05) is 6.61 Å². The second kappa shape index (κ2) is 4.57. The molecular formula is C13H12ClNO4. The smallest absolute Gasteiger partial charge is 0.231 e. The van der Waals surface area contributed by atoms with E-state index in [0.717, 1.165) is 0 Å². The summed E-state index contributed by atoms with van der Waals surface area (Å²) in [5.41, 5.74) is -0.377. The summed E-state index contributed by atoms with van der Waals surface area (Å²) in [4.78, 5) is 0. The molecule has 1 saturated heterocycles. The first-order valence-corrected chi connectivity index (χ1v) is 6.30. The van der Waals surface area contributed by atoms with Crippen LogP contribution in [0.25, 0.3) is 0 Å². The van der Waals surface area contributed by atoms with Crippen molar-refractivity contribution in [1.29, 1.82) is 5.26 Å². The summed E-state index contributed by atoms with van der Waals surface area (Å²) in [5.74, 6) is 0.972. The Morgan fingerprint density at radius 3 is 2.95 bits per heavy atom. The molecule has 2 aliphatic rings. The lowest BCUT2D eigenvalue weighted by atomic mass is 9.79. The normalized spacial score (nSPS) is 26.2. The zero-order chi connectivity index (χ0) is 13.5. The molecule has 19 heavy (non-hydrogen) atoms. The number of benzene rings is 1. The zero-order valence-corrected chi connectivity index (χ0v) is 10.8. The summed E-state index contributed by atoms with van der Waals surface area (Å²) >= 11 is 6.08. The molecule has 1 N–H and O–H groups in total. The summed E-state index contributed by atoms with van der Waals surface area (Å²) in [6, 6.07) is 5.44. The van der Waals surface area contributed by atoms with Crippen LogP contribution in [0, 0.1) is 16.7 Å². The number of hydrogen-bond acceptors (Lipinski definition) is 5. The molecule has 1 aromatic carbocycles. The number of nitriles is 1. The van der Waals surface area contributed by atoms with Gasteiger partial charge in [0.1, 0.15) is 11.5 Å². The minimum absolute atomic E-state index is 0.112. The SMILES string of the molecule is N#CC1(C(O)c2cc(Cl)c3c(c2)OCO3)CCOC1. The van der Waals surface area contributed by atoms with Gasteiger partial charge >= 0.3 is 0 Å². The number of hydrogen-bond donors (Lipinski definition) is 1. The van der Waals surface area contributed by atoms with Crippen LogP contribution in [0.5, 0.6) is 11.5 Å². The molecule has 2 heterocycles. The van der Waals surface area contributed by atoms with Gasteiger partial charge in [-0.3, -0.25) is 0 Å². The maximum absolute atomic E-state index is 10.5. The van der Waals surface area contributed by atoms with Crippen LogP contribution < -0.4 is 9.47 Å². The van der Waals surface area contributed by atoms with Crippen LogP contribution in [0.3, 0.4) is 0 Å². The van der Waals surface area contributed by atoms with E-state index in [0.29, 0.717) is 35.1 Å². The molecule has 0 amide bonds. The number of halogens is 1. The van der Waals surface area contributed by atoms with Crippen LogP contribution in [0.15, 0.2) is 12.1 Å². The van der Waals surface area contributed by atoms with Crippen LogP contribution in [0.4, 0.5) is 0 Å². The Kier molecular flexibility index (Phi) is 3.02. The van der Waals surface area contributed by atoms with E-state index in [4.69, 9.17) is 25.8 Å². The largest absolute Gasteiger partial charge is 0.454 e. The molecule has 0 spiro atoms. The number of ether oxygens (including phenoxy) is 3. The highest BCUT2D eigenvalue weighted by atomic mass is 35.5. The van der Waals surface area contributed by atoms with Crippen LogP contribution in [0.1, 0.15) is 18.1 Å². The molecule has 5 nitrogen and oxygen atoms in total. The van der Waals surface area contributed by atoms with Gasteiger partial charge in [-0.15, -0.1) is 0 Å². The highest BCUT2D eigenvalue weighted by Crippen LogP contribution is 2.46. The third-order valence-electron chi connectivity index (χ3n) is 3.56. The van der Waals surface area contributed by atoms with Crippen molar-refractivity contribution in [2.24, 2.45) is 5.41 Å². The maximum Gasteiger partial charge on any atom is 0.231 e. The molecule has 2 unspecified atom stereocenters. The first kappa shape index (κ1) is 12.5. The molecule has 6 heteroatoms. The van der Waals surface area contributed by atoms with E-state index >= 15 is 0 Å². The molecule has 0 saturated carbocycles. The number of fused-ring (bicyclic) bond motifs is 1. The fourth-order valence-electron chi connectivity index (χ4n) is 2.41. The zero-order valence-electron chi connectivity index (χ0n) is 10.1. The highest BCUT2D eigenvalue weighted by Gasteiger charge is 2.43. The number of aliphatic hydroxyl groups excluding tert-OH is 1. The van der Waals surface area contributed by atoms with Crippen molar-refractivity contribution in [2.75, 3.05) is 20.0 Å². The quantitative estimate of drug-likeness (QED) is 0.898. The molecule has 0 aromatic heterocycles. The lowest BCUT2D eigenvalue weighted by molar-refractivity contribution is 0.0502. The van der Waals surface area contributed by atoms with Gasteiger partial charge in [0.05, 0.1) is 17.7 Å². The molecule has 100 valence electrons. The van der Waals surface area contributed by atoms with Crippen molar-refractivity contribution >= 4 is 11.6 Å². The van der Waals surface area contributed by atoms with Gasteiger partial charge in [0.15, 0.2) is 11.5 Å². The van der Waals surface area contributed by atoms with E-state index < -0.39 is 11.5 Å². The molecule has 1 fully saturated rings. The lowest BCUT2D eigenvalue weighted by Gasteiger charge is -2.25. The summed E-state index contributed by atoms with van der Waals surface area (Å²) in [6.45, 7) is 0.806. The Labute approximate surface area is 115 Å². The summed E-state index contributed by atoms with van der Waals surface area (Å²) in [7, 11) is 0. The number of rotatable bonds is 2. The average molecular weight is 282 g/mol. The molecule has 0 radical (unpaired) electrons. The van der Waals surface area contributed by atoms with Gasteiger partial charge in [0.25, 0.3) is 0 Å². The predicted octanol–water partition coefficient (Wildman–Crippen LogP) is 2.03. The fraction of sp³-hybridized carbons (Fsp3) is 0.462. The average Bonchev–Trinajstić information content (AvgIpc) is 3.07. The molecule has 0 bridgehead atoms. The third-order valence-corrected chi connectivity index (χ3v) is 3.84. The van der Waals surface area contributed by atoms with Gasteiger partial charge in [0.2, 0.25) is 6.79 Å². The van der Waals surface area contributed by atoms with Crippen LogP contribution in [0.2, 0.25) is 5.02 Å². The van der Waals surface area contributed by atoms with Gasteiger partial charge in [-0.2, -0.15) is 5.26 Å². The number of aliphatic hydroxyl groups is 1. The minimum Gasteiger partial charge on any atom is -0.454 e. The molecule has 2 aliphatic heterocycles. The van der Waals surface area contributed by atoms with Crippen molar-refractivity contribution < 1.29 is 19.3 Å². The van der Waals surface area contributed by atoms with E-state index in [2.05, 4.69) is 6.07 Å². The Hall–Kier alpha value is -1.48. The van der Waals surface area contributed by atoms with E-state index in [1.165, 1.54) is 0 Å². The summed E-state index contributed by atoms with van der Waals surface area (Å²) < 4.78 is 15.7. The van der Waals surface area contributed by atoms with E-state index in [1.807, 2.05) is 0 Å². The molecule has 2 atom stereocenters. The summed E-state index contributed by atoms with van der Waals surface area (Å²) in [5, 5.41) is 20.2. The Morgan fingerprint density at radius 1 is 1.42 bits per heavy atom. The Morgan fingerprint density at radius 2 is 2.26 bits per heavy atom. The van der Waals surface area contributed by atoms with Crippen LogP contribution in [-0.4, -0.2) is 25.1 Å². The second-order valence-corrected chi connectivity index (χ2v) is 5.12. The number of nitrogens with zero attached hydrogens (tertiary/aromatic N) is 1. The Bertz CT molecular complexity index is 548. The van der Waals surface area contributed by atoms with E-state index in [-0.39, 0.29) is 13.4 Å². The van der Waals surface area contributed by atoms with Crippen LogP contribution in [-0.2, 0) is 4.74 Å². The first-order chi connectivity index (χ1) is 9.16. The van der Waals surface area contributed by atoms with Crippen molar-refractivity contribution in [3.05, 3.63) is 22.7 Å². The van der Waals surface area contributed by atoms with E-state index in [1.54, 1.807) is 12.1 Å². The first-order valence-electron chi connectivity index (χ1n) is 5.92. The Balaban J connectivity index is 1.98. The van der Waals surface area contributed by atoms with Gasteiger partial charge < -0.3 is 19.3 Å². The van der Waals surface area contributed by atoms with Crippen molar-refractivity contribution in [1.82, 2.24) is 0 Å². The maximum atomic E-state index is 10.5. The highest BCUT2D eigenvalue weighted by molar-refractivity contribution is 6.32. The molecule has 1 aromatic rings. The van der Waals surface area contributed by atoms with Crippen molar-refractivity contribution in [3.63, 3.8) is 0 Å². The molecular weight excluding hydrogens is 270 g/mol. The standard InChI is InChI=1S/C13H12ClNO4/c14-9-3-8(4-10-11(9)19-7-18-10)12(16)13(5-15)1-2-17-6-13/h3-4,12,16H,1-2,6-7H2. The minimum atomic E-state index is -0.966. The monoisotopic (exact) mass is 281 g/mol. The van der Waals surface area contributed by atoms with E-state index in [9.17, 15) is 10.4 Å². The predicted molar refractivity (Wildman–Crippen MR) is 66.0 cm³/mol. The fourth-order valence-corrected chi connectivity index (χ4v) is 2.68. The molecule has 3 rings (SSSR count). The lowest BCUT2D eigenvalue weighted by Crippen LogP contribution is -2.27. The topological polar surface area (TPSA) is 71.7 Å². The molecule has 0 aliphatic carbocycles. The van der Waals surface area contributed by atoms with Crippen molar-refractivity contribution in [2.45, 2.75) is 12.5 Å². The van der Waals surface area contributed by atoms with Crippen LogP contribution >= 0.6 is 11.6 Å².